The number of carbonyl (C=O) groups is 1. The largest absolute Gasteiger partial charge is 0.457 e. The molecule has 7 nitrogen and oxygen atoms in total. The number of nitrogens with two attached hydrogens (primary N) is 1. The van der Waals surface area contributed by atoms with Gasteiger partial charge in [0.05, 0.1) is 0 Å². The molecule has 1 aromatic heterocycles. The SMILES string of the molecule is Nc1nc(COC(=O)CCC2CCCC2)nc(Nc2ccccc2)n1. The number of benzene rings is 1. The molecule has 1 saturated carbocycles. The molecule has 0 spiro atoms. The Hall–Kier alpha value is -2.70. The van der Waals surface area contributed by atoms with Crippen molar-refractivity contribution in [3.05, 3.63) is 36.2 Å². The number of anilines is 3. The van der Waals surface area contributed by atoms with Crippen LogP contribution < -0.4 is 11.1 Å². The third-order valence-electron chi connectivity index (χ3n) is 4.32. The fourth-order valence-electron chi connectivity index (χ4n) is 3.05. The van der Waals surface area contributed by atoms with E-state index in [1.165, 1.54) is 25.7 Å². The van der Waals surface area contributed by atoms with Gasteiger partial charge in [0.1, 0.15) is 0 Å². The second kappa shape index (κ2) is 8.41. The van der Waals surface area contributed by atoms with Crippen LogP contribution in [-0.4, -0.2) is 20.9 Å². The van der Waals surface area contributed by atoms with Crippen molar-refractivity contribution in [1.29, 1.82) is 0 Å². The second-order valence-electron chi connectivity index (χ2n) is 6.27. The van der Waals surface area contributed by atoms with Crippen LogP contribution in [0.25, 0.3) is 0 Å². The van der Waals surface area contributed by atoms with Crippen LogP contribution in [0.2, 0.25) is 0 Å². The van der Waals surface area contributed by atoms with Gasteiger partial charge in [0.25, 0.3) is 0 Å². The summed E-state index contributed by atoms with van der Waals surface area (Å²) in [6.07, 6.45) is 6.36. The number of carbonyl (C=O) groups excluding carboxylic acids is 1. The molecule has 1 aromatic carbocycles. The lowest BCUT2D eigenvalue weighted by molar-refractivity contribution is -0.145. The Morgan fingerprint density at radius 1 is 1.16 bits per heavy atom. The third-order valence-corrected chi connectivity index (χ3v) is 4.32. The van der Waals surface area contributed by atoms with Gasteiger partial charge >= 0.3 is 5.97 Å². The van der Waals surface area contributed by atoms with E-state index in [0.29, 0.717) is 24.1 Å². The van der Waals surface area contributed by atoms with Crippen LogP contribution in [0, 0.1) is 5.92 Å². The summed E-state index contributed by atoms with van der Waals surface area (Å²) in [6, 6.07) is 9.51. The minimum atomic E-state index is -0.219. The van der Waals surface area contributed by atoms with Crippen molar-refractivity contribution in [3.8, 4) is 0 Å². The van der Waals surface area contributed by atoms with Gasteiger partial charge in [-0.15, -0.1) is 0 Å². The first-order valence-corrected chi connectivity index (χ1v) is 8.67. The summed E-state index contributed by atoms with van der Waals surface area (Å²) < 4.78 is 5.27. The van der Waals surface area contributed by atoms with Crippen molar-refractivity contribution in [2.45, 2.75) is 45.1 Å². The Morgan fingerprint density at radius 3 is 2.68 bits per heavy atom. The average molecular weight is 341 g/mol. The zero-order valence-electron chi connectivity index (χ0n) is 14.1. The molecule has 0 unspecified atom stereocenters. The van der Waals surface area contributed by atoms with Crippen LogP contribution in [-0.2, 0) is 16.1 Å². The highest BCUT2D eigenvalue weighted by molar-refractivity contribution is 5.69. The molecular formula is C18H23N5O2. The number of aromatic nitrogens is 3. The number of hydrogen-bond donors (Lipinski definition) is 2. The van der Waals surface area contributed by atoms with Crippen molar-refractivity contribution in [3.63, 3.8) is 0 Å². The summed E-state index contributed by atoms with van der Waals surface area (Å²) in [5, 5.41) is 3.05. The Kier molecular flexibility index (Phi) is 5.77. The van der Waals surface area contributed by atoms with E-state index in [-0.39, 0.29) is 18.5 Å². The minimum Gasteiger partial charge on any atom is -0.457 e. The molecule has 1 aliphatic rings. The number of nitrogens with zero attached hydrogens (tertiary/aromatic N) is 3. The summed E-state index contributed by atoms with van der Waals surface area (Å²) in [5.74, 6) is 1.20. The van der Waals surface area contributed by atoms with E-state index in [1.807, 2.05) is 30.3 Å². The Morgan fingerprint density at radius 2 is 1.92 bits per heavy atom. The molecule has 2 aromatic rings. The van der Waals surface area contributed by atoms with E-state index < -0.39 is 0 Å². The molecule has 0 radical (unpaired) electrons. The number of nitrogens with one attached hydrogen (secondary N) is 1. The molecule has 0 bridgehead atoms. The molecule has 0 saturated heterocycles. The van der Waals surface area contributed by atoms with Gasteiger partial charge in [-0.25, -0.2) is 0 Å². The third kappa shape index (κ3) is 5.41. The first-order chi connectivity index (χ1) is 12.2. The smallest absolute Gasteiger partial charge is 0.306 e. The maximum atomic E-state index is 11.9. The standard InChI is InChI=1S/C18H23N5O2/c19-17-21-15(12-25-16(24)11-10-13-6-4-5-7-13)22-18(23-17)20-14-8-2-1-3-9-14/h1-3,8-9,13H,4-7,10-12H2,(H3,19,20,21,22,23). The summed E-state index contributed by atoms with van der Waals surface area (Å²) in [6.45, 7) is -0.000308. The minimum absolute atomic E-state index is 0.000308. The van der Waals surface area contributed by atoms with Crippen molar-refractivity contribution < 1.29 is 9.53 Å². The zero-order valence-corrected chi connectivity index (χ0v) is 14.1. The van der Waals surface area contributed by atoms with Crippen LogP contribution in [0.5, 0.6) is 0 Å². The zero-order chi connectivity index (χ0) is 17.5. The highest BCUT2D eigenvalue weighted by Crippen LogP contribution is 2.28. The van der Waals surface area contributed by atoms with Gasteiger partial charge in [-0.3, -0.25) is 4.79 Å². The van der Waals surface area contributed by atoms with Crippen LogP contribution in [0.15, 0.2) is 30.3 Å². The Bertz CT molecular complexity index is 702. The first kappa shape index (κ1) is 17.1. The van der Waals surface area contributed by atoms with Crippen LogP contribution in [0.4, 0.5) is 17.6 Å². The molecule has 1 fully saturated rings. The van der Waals surface area contributed by atoms with E-state index >= 15 is 0 Å². The monoisotopic (exact) mass is 341 g/mol. The molecule has 0 aliphatic heterocycles. The van der Waals surface area contributed by atoms with Crippen LogP contribution >= 0.6 is 0 Å². The molecule has 1 heterocycles. The van der Waals surface area contributed by atoms with Crippen LogP contribution in [0.1, 0.15) is 44.3 Å². The number of hydrogen-bond acceptors (Lipinski definition) is 7. The highest BCUT2D eigenvalue weighted by Gasteiger charge is 2.17. The van der Waals surface area contributed by atoms with E-state index in [1.54, 1.807) is 0 Å². The van der Waals surface area contributed by atoms with Gasteiger partial charge in [0.2, 0.25) is 11.9 Å². The molecular weight excluding hydrogens is 318 g/mol. The lowest BCUT2D eigenvalue weighted by atomic mass is 10.0. The lowest BCUT2D eigenvalue weighted by Crippen LogP contribution is -2.11. The number of nitrogen functional groups attached to an aromatic ring is 1. The Labute approximate surface area is 147 Å². The lowest BCUT2D eigenvalue weighted by Gasteiger charge is -2.09. The number of rotatable bonds is 7. The Balaban J connectivity index is 1.52. The first-order valence-electron chi connectivity index (χ1n) is 8.67. The fourth-order valence-corrected chi connectivity index (χ4v) is 3.05. The molecule has 0 atom stereocenters. The summed E-state index contributed by atoms with van der Waals surface area (Å²) in [5.41, 5.74) is 6.56. The van der Waals surface area contributed by atoms with Gasteiger partial charge in [0, 0.05) is 12.1 Å². The van der Waals surface area contributed by atoms with Crippen molar-refractivity contribution >= 4 is 23.6 Å². The summed E-state index contributed by atoms with van der Waals surface area (Å²) >= 11 is 0. The van der Waals surface area contributed by atoms with Gasteiger partial charge in [-0.05, 0) is 24.5 Å². The van der Waals surface area contributed by atoms with Crippen molar-refractivity contribution in [1.82, 2.24) is 15.0 Å². The predicted molar refractivity (Wildman–Crippen MR) is 95.0 cm³/mol. The van der Waals surface area contributed by atoms with Gasteiger partial charge in [-0.2, -0.15) is 15.0 Å². The molecule has 3 N–H and O–H groups in total. The van der Waals surface area contributed by atoms with Gasteiger partial charge < -0.3 is 15.8 Å². The second-order valence-corrected chi connectivity index (χ2v) is 6.27. The number of esters is 1. The topological polar surface area (TPSA) is 103 Å². The van der Waals surface area contributed by atoms with Gasteiger partial charge in [0.15, 0.2) is 12.4 Å². The molecule has 3 rings (SSSR count). The van der Waals surface area contributed by atoms with Crippen molar-refractivity contribution in [2.24, 2.45) is 5.92 Å². The predicted octanol–water partition coefficient (Wildman–Crippen LogP) is 3.21. The number of ether oxygens (including phenoxy) is 1. The maximum absolute atomic E-state index is 11.9. The fraction of sp³-hybridized carbons (Fsp3) is 0.444. The summed E-state index contributed by atoms with van der Waals surface area (Å²) in [4.78, 5) is 24.2. The average Bonchev–Trinajstić information content (AvgIpc) is 3.12. The highest BCUT2D eigenvalue weighted by atomic mass is 16.5. The molecule has 25 heavy (non-hydrogen) atoms. The molecule has 132 valence electrons. The normalized spacial score (nSPS) is 14.4. The molecule has 0 amide bonds. The maximum Gasteiger partial charge on any atom is 0.306 e. The van der Waals surface area contributed by atoms with E-state index in [2.05, 4.69) is 20.3 Å². The number of para-hydroxylation sites is 1. The van der Waals surface area contributed by atoms with Crippen LogP contribution in [0.3, 0.4) is 0 Å². The van der Waals surface area contributed by atoms with E-state index in [0.717, 1.165) is 12.1 Å². The quantitative estimate of drug-likeness (QED) is 0.745. The molecule has 1 aliphatic carbocycles. The van der Waals surface area contributed by atoms with Crippen molar-refractivity contribution in [2.75, 3.05) is 11.1 Å². The molecule has 7 heteroatoms. The van der Waals surface area contributed by atoms with E-state index in [9.17, 15) is 4.79 Å². The van der Waals surface area contributed by atoms with E-state index in [4.69, 9.17) is 10.5 Å². The van der Waals surface area contributed by atoms with Gasteiger partial charge in [-0.1, -0.05) is 43.9 Å². The summed E-state index contributed by atoms with van der Waals surface area (Å²) in [7, 11) is 0.